The second-order valence-corrected chi connectivity index (χ2v) is 6.72. The molecule has 1 aromatic heterocycles. The number of carboxylic acids is 1. The molecule has 4 nitrogen and oxygen atoms in total. The van der Waals surface area contributed by atoms with Crippen LogP contribution in [0.1, 0.15) is 49.8 Å². The molecular formula is C16H23NO3S. The molecule has 0 unspecified atom stereocenters. The molecule has 0 aromatic carbocycles. The first-order chi connectivity index (χ1) is 10.2. The van der Waals surface area contributed by atoms with E-state index in [0.29, 0.717) is 12.8 Å². The van der Waals surface area contributed by atoms with Gasteiger partial charge in [0.1, 0.15) is 0 Å². The smallest absolute Gasteiger partial charge is 0.308 e. The lowest BCUT2D eigenvalue weighted by molar-refractivity contribution is -0.142. The van der Waals surface area contributed by atoms with Gasteiger partial charge in [-0.2, -0.15) is 0 Å². The van der Waals surface area contributed by atoms with Crippen LogP contribution in [0, 0.1) is 5.92 Å². The van der Waals surface area contributed by atoms with E-state index >= 15 is 0 Å². The number of aliphatic carboxylic acids is 1. The van der Waals surface area contributed by atoms with Crippen molar-refractivity contribution in [2.75, 3.05) is 0 Å². The Bertz CT molecular complexity index is 458. The summed E-state index contributed by atoms with van der Waals surface area (Å²) in [5, 5.41) is 14.1. The summed E-state index contributed by atoms with van der Waals surface area (Å²) < 4.78 is 0. The minimum absolute atomic E-state index is 0.00396. The zero-order valence-corrected chi connectivity index (χ0v) is 13.0. The molecule has 2 atom stereocenters. The maximum Gasteiger partial charge on any atom is 0.308 e. The van der Waals surface area contributed by atoms with Crippen LogP contribution in [0.4, 0.5) is 0 Å². The normalized spacial score (nSPS) is 21.3. The standard InChI is InChI=1S/C16H23NO3S/c18-15(17-14-9-4-8-13(14)16(19)20)10-3-1-2-6-12-7-5-11-21-12/h5,7,11,13-14H,1-4,6,8-10H2,(H,17,18)(H,19,20)/t13-,14+/m1/s1. The lowest BCUT2D eigenvalue weighted by Crippen LogP contribution is -2.40. The van der Waals surface area contributed by atoms with Gasteiger partial charge in [0.15, 0.2) is 0 Å². The number of hydrogen-bond donors (Lipinski definition) is 2. The molecule has 0 radical (unpaired) electrons. The molecule has 0 bridgehead atoms. The second-order valence-electron chi connectivity index (χ2n) is 5.69. The number of hydrogen-bond acceptors (Lipinski definition) is 3. The van der Waals surface area contributed by atoms with E-state index in [-0.39, 0.29) is 11.9 Å². The van der Waals surface area contributed by atoms with Gasteiger partial charge in [-0.15, -0.1) is 11.3 Å². The average molecular weight is 309 g/mol. The van der Waals surface area contributed by atoms with Crippen LogP contribution >= 0.6 is 11.3 Å². The number of carbonyl (C=O) groups excluding carboxylic acids is 1. The number of aryl methyl sites for hydroxylation is 1. The second kappa shape index (κ2) is 8.17. The van der Waals surface area contributed by atoms with Crippen LogP contribution in [0.3, 0.4) is 0 Å². The Balaban J connectivity index is 1.58. The van der Waals surface area contributed by atoms with Crippen molar-refractivity contribution >= 4 is 23.2 Å². The fourth-order valence-corrected chi connectivity index (χ4v) is 3.67. The third-order valence-corrected chi connectivity index (χ3v) is 5.02. The van der Waals surface area contributed by atoms with E-state index in [0.717, 1.165) is 38.5 Å². The van der Waals surface area contributed by atoms with Crippen molar-refractivity contribution in [2.24, 2.45) is 5.92 Å². The number of amides is 1. The van der Waals surface area contributed by atoms with Gasteiger partial charge in [0.05, 0.1) is 5.92 Å². The molecular weight excluding hydrogens is 286 g/mol. The van der Waals surface area contributed by atoms with Crippen molar-refractivity contribution in [1.29, 1.82) is 0 Å². The number of unbranched alkanes of at least 4 members (excludes halogenated alkanes) is 2. The van der Waals surface area contributed by atoms with Gasteiger partial charge >= 0.3 is 5.97 Å². The molecule has 2 rings (SSSR count). The van der Waals surface area contributed by atoms with Crippen molar-refractivity contribution in [3.05, 3.63) is 22.4 Å². The van der Waals surface area contributed by atoms with Crippen molar-refractivity contribution in [2.45, 2.75) is 57.4 Å². The van der Waals surface area contributed by atoms with Gasteiger partial charge in [-0.1, -0.05) is 18.9 Å². The Kier molecular flexibility index (Phi) is 6.23. The van der Waals surface area contributed by atoms with Crippen LogP contribution in [0.5, 0.6) is 0 Å². The quantitative estimate of drug-likeness (QED) is 0.725. The number of thiophene rings is 1. The van der Waals surface area contributed by atoms with Gasteiger partial charge in [-0.05, 0) is 43.6 Å². The lowest BCUT2D eigenvalue weighted by Gasteiger charge is -2.17. The highest BCUT2D eigenvalue weighted by Crippen LogP contribution is 2.26. The third kappa shape index (κ3) is 5.16. The Labute approximate surface area is 129 Å². The molecule has 1 aliphatic carbocycles. The molecule has 1 aliphatic rings. The van der Waals surface area contributed by atoms with E-state index in [1.807, 2.05) is 0 Å². The molecule has 1 saturated carbocycles. The number of carboxylic acid groups (broad SMARTS) is 1. The molecule has 0 spiro atoms. The van der Waals surface area contributed by atoms with Crippen LogP contribution in [0.2, 0.25) is 0 Å². The SMILES string of the molecule is O=C(CCCCCc1cccs1)N[C@H]1CCC[C@H]1C(=O)O. The third-order valence-electron chi connectivity index (χ3n) is 4.09. The number of rotatable bonds is 8. The summed E-state index contributed by atoms with van der Waals surface area (Å²) in [6, 6.07) is 4.04. The first-order valence-corrected chi connectivity index (χ1v) is 8.59. The number of carbonyl (C=O) groups is 2. The summed E-state index contributed by atoms with van der Waals surface area (Å²) in [5.41, 5.74) is 0. The molecule has 1 aromatic rings. The highest BCUT2D eigenvalue weighted by molar-refractivity contribution is 7.09. The zero-order chi connectivity index (χ0) is 15.1. The van der Waals surface area contributed by atoms with Gasteiger partial charge in [0.25, 0.3) is 0 Å². The zero-order valence-electron chi connectivity index (χ0n) is 12.2. The van der Waals surface area contributed by atoms with Gasteiger partial charge in [-0.25, -0.2) is 0 Å². The topological polar surface area (TPSA) is 66.4 Å². The monoisotopic (exact) mass is 309 g/mol. The van der Waals surface area contributed by atoms with E-state index in [4.69, 9.17) is 5.11 Å². The average Bonchev–Trinajstić information content (AvgIpc) is 3.09. The van der Waals surface area contributed by atoms with Gasteiger partial charge in [-0.3, -0.25) is 9.59 Å². The lowest BCUT2D eigenvalue weighted by atomic mass is 10.0. The van der Waals surface area contributed by atoms with Crippen LogP contribution < -0.4 is 5.32 Å². The predicted molar refractivity (Wildman–Crippen MR) is 83.4 cm³/mol. The predicted octanol–water partition coefficient (Wildman–Crippen LogP) is 3.22. The van der Waals surface area contributed by atoms with Crippen molar-refractivity contribution in [3.63, 3.8) is 0 Å². The molecule has 0 saturated heterocycles. The molecule has 5 heteroatoms. The van der Waals surface area contributed by atoms with E-state index < -0.39 is 11.9 Å². The first-order valence-electron chi connectivity index (χ1n) is 7.71. The molecule has 116 valence electrons. The summed E-state index contributed by atoms with van der Waals surface area (Å²) in [6.07, 6.45) is 6.98. The van der Waals surface area contributed by atoms with Crippen molar-refractivity contribution in [3.8, 4) is 0 Å². The molecule has 2 N–H and O–H groups in total. The van der Waals surface area contributed by atoms with E-state index in [2.05, 4.69) is 22.8 Å². The fourth-order valence-electron chi connectivity index (χ4n) is 2.92. The van der Waals surface area contributed by atoms with Crippen molar-refractivity contribution in [1.82, 2.24) is 5.32 Å². The van der Waals surface area contributed by atoms with E-state index in [1.165, 1.54) is 4.88 Å². The Hall–Kier alpha value is -1.36. The summed E-state index contributed by atoms with van der Waals surface area (Å²) in [5.74, 6) is -1.18. The van der Waals surface area contributed by atoms with Gasteiger partial charge < -0.3 is 10.4 Å². The van der Waals surface area contributed by atoms with Crippen LogP contribution in [-0.2, 0) is 16.0 Å². The van der Waals surface area contributed by atoms with Crippen molar-refractivity contribution < 1.29 is 14.7 Å². The van der Waals surface area contributed by atoms with Gasteiger partial charge in [0.2, 0.25) is 5.91 Å². The largest absolute Gasteiger partial charge is 0.481 e. The minimum Gasteiger partial charge on any atom is -0.481 e. The van der Waals surface area contributed by atoms with E-state index in [1.54, 1.807) is 11.3 Å². The highest BCUT2D eigenvalue weighted by atomic mass is 32.1. The number of nitrogens with one attached hydrogen (secondary N) is 1. The Morgan fingerprint density at radius 1 is 1.29 bits per heavy atom. The molecule has 1 heterocycles. The maximum atomic E-state index is 11.9. The summed E-state index contributed by atoms with van der Waals surface area (Å²) in [7, 11) is 0. The summed E-state index contributed by atoms with van der Waals surface area (Å²) in [4.78, 5) is 24.3. The molecule has 1 amide bonds. The fraction of sp³-hybridized carbons (Fsp3) is 0.625. The molecule has 0 aliphatic heterocycles. The summed E-state index contributed by atoms with van der Waals surface area (Å²) in [6.45, 7) is 0. The van der Waals surface area contributed by atoms with Crippen LogP contribution in [0.15, 0.2) is 17.5 Å². The molecule has 21 heavy (non-hydrogen) atoms. The van der Waals surface area contributed by atoms with Gasteiger partial charge in [0, 0.05) is 17.3 Å². The Morgan fingerprint density at radius 3 is 2.86 bits per heavy atom. The highest BCUT2D eigenvalue weighted by Gasteiger charge is 2.33. The minimum atomic E-state index is -0.784. The van der Waals surface area contributed by atoms with Crippen LogP contribution in [-0.4, -0.2) is 23.0 Å². The first kappa shape index (κ1) is 16.0. The summed E-state index contributed by atoms with van der Waals surface area (Å²) >= 11 is 1.78. The van der Waals surface area contributed by atoms with Crippen LogP contribution in [0.25, 0.3) is 0 Å². The Morgan fingerprint density at radius 2 is 2.14 bits per heavy atom. The van der Waals surface area contributed by atoms with E-state index in [9.17, 15) is 9.59 Å². The molecule has 1 fully saturated rings. The maximum absolute atomic E-state index is 11.9.